The van der Waals surface area contributed by atoms with Crippen molar-refractivity contribution in [1.82, 2.24) is 4.90 Å². The molecule has 0 atom stereocenters. The van der Waals surface area contributed by atoms with E-state index in [2.05, 4.69) is 52.7 Å². The zero-order valence-corrected chi connectivity index (χ0v) is 12.1. The van der Waals surface area contributed by atoms with Crippen LogP contribution in [0.25, 0.3) is 0 Å². The Kier molecular flexibility index (Phi) is 4.31. The third kappa shape index (κ3) is 3.59. The lowest BCUT2D eigenvalue weighted by Crippen LogP contribution is -2.21. The second kappa shape index (κ2) is 6.55. The molecule has 0 aliphatic rings. The van der Waals surface area contributed by atoms with Crippen LogP contribution in [0.1, 0.15) is 16.2 Å². The van der Waals surface area contributed by atoms with Crippen LogP contribution in [0.3, 0.4) is 0 Å². The van der Waals surface area contributed by atoms with E-state index < -0.39 is 0 Å². The molecule has 0 radical (unpaired) electrons. The molecule has 102 valence electrons. The molecule has 0 amide bonds. The normalized spacial score (nSPS) is 11.1. The summed E-state index contributed by atoms with van der Waals surface area (Å²) in [4.78, 5) is 3.78. The van der Waals surface area contributed by atoms with Crippen molar-refractivity contribution in [2.24, 2.45) is 0 Å². The van der Waals surface area contributed by atoms with Crippen LogP contribution in [0, 0.1) is 0 Å². The number of rotatable bonds is 6. The van der Waals surface area contributed by atoms with Crippen molar-refractivity contribution in [1.29, 1.82) is 0 Å². The van der Waals surface area contributed by atoms with Gasteiger partial charge in [-0.05, 0) is 29.1 Å². The first-order valence-electron chi connectivity index (χ1n) is 6.71. The fourth-order valence-corrected chi connectivity index (χ4v) is 3.00. The molecule has 2 nitrogen and oxygen atoms in total. The highest BCUT2D eigenvalue weighted by molar-refractivity contribution is 7.09. The molecule has 0 unspecified atom stereocenters. The van der Waals surface area contributed by atoms with Gasteiger partial charge in [0, 0.05) is 18.0 Å². The highest BCUT2D eigenvalue weighted by Gasteiger charge is 2.10. The second-order valence-corrected chi connectivity index (χ2v) is 5.82. The minimum Gasteiger partial charge on any atom is -0.468 e. The minimum absolute atomic E-state index is 0.833. The Hall–Kier alpha value is -1.84. The van der Waals surface area contributed by atoms with Crippen molar-refractivity contribution in [3.05, 3.63) is 82.4 Å². The zero-order chi connectivity index (χ0) is 13.6. The second-order valence-electron chi connectivity index (χ2n) is 4.79. The fraction of sp³-hybridized carbons (Fsp3) is 0.176. The number of thiophene rings is 1. The maximum atomic E-state index is 5.48. The van der Waals surface area contributed by atoms with Gasteiger partial charge in [0.25, 0.3) is 0 Å². The Morgan fingerprint density at radius 3 is 2.45 bits per heavy atom. The predicted octanol–water partition coefficient (Wildman–Crippen LogP) is 4.54. The van der Waals surface area contributed by atoms with Gasteiger partial charge >= 0.3 is 0 Å². The molecular formula is C17H17NOS. The Balaban J connectivity index is 1.72. The molecule has 3 aromatic rings. The van der Waals surface area contributed by atoms with Gasteiger partial charge in [-0.2, -0.15) is 0 Å². The van der Waals surface area contributed by atoms with Crippen LogP contribution < -0.4 is 0 Å². The van der Waals surface area contributed by atoms with Gasteiger partial charge in [0.2, 0.25) is 0 Å². The van der Waals surface area contributed by atoms with Crippen molar-refractivity contribution in [2.75, 3.05) is 0 Å². The number of hydrogen-bond donors (Lipinski definition) is 0. The van der Waals surface area contributed by atoms with Gasteiger partial charge in [-0.3, -0.25) is 4.90 Å². The Morgan fingerprint density at radius 1 is 0.850 bits per heavy atom. The van der Waals surface area contributed by atoms with Gasteiger partial charge in [0.05, 0.1) is 12.8 Å². The Labute approximate surface area is 123 Å². The molecule has 2 aromatic heterocycles. The largest absolute Gasteiger partial charge is 0.468 e. The van der Waals surface area contributed by atoms with Gasteiger partial charge in [0.1, 0.15) is 5.76 Å². The zero-order valence-electron chi connectivity index (χ0n) is 11.2. The van der Waals surface area contributed by atoms with Crippen molar-refractivity contribution in [3.63, 3.8) is 0 Å². The summed E-state index contributed by atoms with van der Waals surface area (Å²) in [5.74, 6) is 1.01. The number of nitrogens with zero attached hydrogens (tertiary/aromatic N) is 1. The monoisotopic (exact) mass is 283 g/mol. The third-order valence-electron chi connectivity index (χ3n) is 3.17. The summed E-state index contributed by atoms with van der Waals surface area (Å²) in [5, 5.41) is 2.13. The van der Waals surface area contributed by atoms with Crippen LogP contribution >= 0.6 is 11.3 Å². The molecule has 3 heteroatoms. The maximum Gasteiger partial charge on any atom is 0.117 e. The van der Waals surface area contributed by atoms with E-state index in [1.807, 2.05) is 12.1 Å². The van der Waals surface area contributed by atoms with Gasteiger partial charge in [-0.15, -0.1) is 11.3 Å². The average molecular weight is 283 g/mol. The van der Waals surface area contributed by atoms with Crippen LogP contribution in [-0.2, 0) is 19.6 Å². The van der Waals surface area contributed by atoms with Gasteiger partial charge in [-0.25, -0.2) is 0 Å². The highest BCUT2D eigenvalue weighted by Crippen LogP contribution is 2.17. The van der Waals surface area contributed by atoms with Gasteiger partial charge in [0.15, 0.2) is 0 Å². The van der Waals surface area contributed by atoms with E-state index in [1.165, 1.54) is 10.4 Å². The molecule has 0 aliphatic carbocycles. The Bertz CT molecular complexity index is 566. The SMILES string of the molecule is c1ccc(CN(Cc2ccco2)Cc2cccs2)cc1. The van der Waals surface area contributed by atoms with E-state index >= 15 is 0 Å². The van der Waals surface area contributed by atoms with Crippen molar-refractivity contribution >= 4 is 11.3 Å². The molecule has 0 spiro atoms. The summed E-state index contributed by atoms with van der Waals surface area (Å²) in [5.41, 5.74) is 1.33. The lowest BCUT2D eigenvalue weighted by atomic mass is 10.2. The highest BCUT2D eigenvalue weighted by atomic mass is 32.1. The Morgan fingerprint density at radius 2 is 1.75 bits per heavy atom. The van der Waals surface area contributed by atoms with E-state index in [4.69, 9.17) is 4.42 Å². The summed E-state index contributed by atoms with van der Waals surface area (Å²) in [6.07, 6.45) is 1.74. The fourth-order valence-electron chi connectivity index (χ4n) is 2.26. The van der Waals surface area contributed by atoms with E-state index in [-0.39, 0.29) is 0 Å². The van der Waals surface area contributed by atoms with Crippen molar-refractivity contribution in [3.8, 4) is 0 Å². The molecular weight excluding hydrogens is 266 g/mol. The van der Waals surface area contributed by atoms with Crippen LogP contribution in [0.2, 0.25) is 0 Å². The first-order valence-corrected chi connectivity index (χ1v) is 7.59. The summed E-state index contributed by atoms with van der Waals surface area (Å²) in [7, 11) is 0. The van der Waals surface area contributed by atoms with E-state index in [1.54, 1.807) is 17.6 Å². The molecule has 0 bridgehead atoms. The van der Waals surface area contributed by atoms with E-state index in [0.717, 1.165) is 25.4 Å². The standard InChI is InChI=1S/C17H17NOS/c1-2-6-15(7-3-1)12-18(13-16-8-4-10-19-16)14-17-9-5-11-20-17/h1-11H,12-14H2. The molecule has 20 heavy (non-hydrogen) atoms. The number of furan rings is 1. The van der Waals surface area contributed by atoms with Gasteiger partial charge < -0.3 is 4.42 Å². The van der Waals surface area contributed by atoms with Crippen molar-refractivity contribution < 1.29 is 4.42 Å². The van der Waals surface area contributed by atoms with E-state index in [9.17, 15) is 0 Å². The van der Waals surface area contributed by atoms with E-state index in [0.29, 0.717) is 0 Å². The smallest absolute Gasteiger partial charge is 0.117 e. The van der Waals surface area contributed by atoms with Gasteiger partial charge in [-0.1, -0.05) is 36.4 Å². The topological polar surface area (TPSA) is 16.4 Å². The summed E-state index contributed by atoms with van der Waals surface area (Å²) in [6, 6.07) is 18.8. The molecule has 2 heterocycles. The summed E-state index contributed by atoms with van der Waals surface area (Å²) < 4.78 is 5.48. The summed E-state index contributed by atoms with van der Waals surface area (Å²) >= 11 is 1.80. The third-order valence-corrected chi connectivity index (χ3v) is 4.03. The first-order chi connectivity index (χ1) is 9.90. The molecule has 0 fully saturated rings. The molecule has 0 N–H and O–H groups in total. The molecule has 0 saturated carbocycles. The average Bonchev–Trinajstić information content (AvgIpc) is 3.13. The molecule has 3 rings (SSSR count). The maximum absolute atomic E-state index is 5.48. The van der Waals surface area contributed by atoms with Crippen LogP contribution in [-0.4, -0.2) is 4.90 Å². The molecule has 1 aromatic carbocycles. The van der Waals surface area contributed by atoms with Crippen LogP contribution in [0.4, 0.5) is 0 Å². The number of benzene rings is 1. The lowest BCUT2D eigenvalue weighted by Gasteiger charge is -2.20. The number of hydrogen-bond acceptors (Lipinski definition) is 3. The van der Waals surface area contributed by atoms with Crippen molar-refractivity contribution in [2.45, 2.75) is 19.6 Å². The first kappa shape index (κ1) is 13.2. The van der Waals surface area contributed by atoms with Crippen LogP contribution in [0.15, 0.2) is 70.7 Å². The lowest BCUT2D eigenvalue weighted by molar-refractivity contribution is 0.229. The summed E-state index contributed by atoms with van der Waals surface area (Å²) in [6.45, 7) is 2.71. The quantitative estimate of drug-likeness (QED) is 0.660. The minimum atomic E-state index is 0.833. The molecule has 0 saturated heterocycles. The predicted molar refractivity (Wildman–Crippen MR) is 82.4 cm³/mol. The molecule has 0 aliphatic heterocycles. The van der Waals surface area contributed by atoms with Crippen LogP contribution in [0.5, 0.6) is 0 Å².